The smallest absolute Gasteiger partial charge is 0.203 e. The van der Waals surface area contributed by atoms with E-state index in [1.165, 1.54) is 0 Å². The number of anilines is 1. The Balaban J connectivity index is 1.80. The highest BCUT2D eigenvalue weighted by Crippen LogP contribution is 2.13. The first kappa shape index (κ1) is 10.5. The van der Waals surface area contributed by atoms with E-state index in [0.29, 0.717) is 18.0 Å². The lowest BCUT2D eigenvalue weighted by molar-refractivity contribution is 0.475. The Kier molecular flexibility index (Phi) is 2.53. The van der Waals surface area contributed by atoms with Gasteiger partial charge in [-0.25, -0.2) is 4.98 Å². The molecule has 6 heteroatoms. The van der Waals surface area contributed by atoms with Crippen LogP contribution in [0, 0.1) is 0 Å². The minimum Gasteiger partial charge on any atom is -0.508 e. The number of aromatic nitrogens is 4. The fraction of sp³-hybridized carbons (Fsp3) is 0.0833. The molecular formula is C12H11N5O. The molecule has 0 fully saturated rings. The number of nitrogens with zero attached hydrogens (tertiary/aromatic N) is 4. The zero-order valence-electron chi connectivity index (χ0n) is 9.48. The lowest BCUT2D eigenvalue weighted by Crippen LogP contribution is -2.03. The number of hydrogen-bond donors (Lipinski definition) is 2. The normalized spacial score (nSPS) is 10.7. The first-order valence-electron chi connectivity index (χ1n) is 5.49. The van der Waals surface area contributed by atoms with Gasteiger partial charge in [-0.1, -0.05) is 12.1 Å². The summed E-state index contributed by atoms with van der Waals surface area (Å²) in [5, 5.41) is 20.2. The summed E-state index contributed by atoms with van der Waals surface area (Å²) in [6, 6.07) is 7.02. The third-order valence-electron chi connectivity index (χ3n) is 2.61. The molecule has 0 aliphatic rings. The van der Waals surface area contributed by atoms with Crippen LogP contribution in [0.3, 0.4) is 0 Å². The van der Waals surface area contributed by atoms with Gasteiger partial charge < -0.3 is 10.4 Å². The molecule has 3 rings (SSSR count). The number of benzene rings is 1. The van der Waals surface area contributed by atoms with Gasteiger partial charge in [-0.15, -0.1) is 10.2 Å². The fourth-order valence-electron chi connectivity index (χ4n) is 1.68. The second kappa shape index (κ2) is 4.33. The fourth-order valence-corrected chi connectivity index (χ4v) is 1.68. The van der Waals surface area contributed by atoms with Crippen molar-refractivity contribution in [3.63, 3.8) is 0 Å². The molecule has 2 heterocycles. The minimum atomic E-state index is 0.261. The number of aromatic hydroxyl groups is 1. The zero-order valence-corrected chi connectivity index (χ0v) is 9.48. The summed E-state index contributed by atoms with van der Waals surface area (Å²) < 4.78 is 1.80. The van der Waals surface area contributed by atoms with Gasteiger partial charge in [-0.2, -0.15) is 0 Å². The Morgan fingerprint density at radius 1 is 1.22 bits per heavy atom. The monoisotopic (exact) mass is 241 g/mol. The number of phenolic OH excluding ortho intramolecular Hbond substituents is 1. The maximum Gasteiger partial charge on any atom is 0.203 e. The van der Waals surface area contributed by atoms with Crippen molar-refractivity contribution in [2.24, 2.45) is 0 Å². The zero-order chi connectivity index (χ0) is 12.4. The summed E-state index contributed by atoms with van der Waals surface area (Å²) >= 11 is 0. The van der Waals surface area contributed by atoms with Crippen molar-refractivity contribution in [3.05, 3.63) is 48.5 Å². The van der Waals surface area contributed by atoms with Crippen molar-refractivity contribution in [3.8, 4) is 5.75 Å². The van der Waals surface area contributed by atoms with Crippen LogP contribution in [0.25, 0.3) is 5.65 Å². The van der Waals surface area contributed by atoms with E-state index in [2.05, 4.69) is 20.5 Å². The van der Waals surface area contributed by atoms with E-state index < -0.39 is 0 Å². The standard InChI is InChI=1S/C12H11N5O/c18-10-3-1-9(2-4-10)7-14-11-12-16-15-8-17(12)6-5-13-11/h1-6,8,18H,7H2,(H,13,14). The number of nitrogens with one attached hydrogen (secondary N) is 1. The molecule has 0 spiro atoms. The third kappa shape index (κ3) is 1.95. The van der Waals surface area contributed by atoms with Gasteiger partial charge in [-0.3, -0.25) is 4.40 Å². The molecule has 0 unspecified atom stereocenters. The van der Waals surface area contributed by atoms with Crippen molar-refractivity contribution in [2.75, 3.05) is 5.32 Å². The first-order valence-corrected chi connectivity index (χ1v) is 5.49. The van der Waals surface area contributed by atoms with Gasteiger partial charge in [-0.05, 0) is 17.7 Å². The number of phenols is 1. The molecule has 0 aliphatic heterocycles. The van der Waals surface area contributed by atoms with Crippen molar-refractivity contribution in [1.82, 2.24) is 19.6 Å². The van der Waals surface area contributed by atoms with E-state index in [9.17, 15) is 5.11 Å². The molecule has 0 saturated carbocycles. The quantitative estimate of drug-likeness (QED) is 0.725. The summed E-state index contributed by atoms with van der Waals surface area (Å²) in [6.45, 7) is 0.611. The van der Waals surface area contributed by atoms with E-state index >= 15 is 0 Å². The van der Waals surface area contributed by atoms with Crippen molar-refractivity contribution in [1.29, 1.82) is 0 Å². The lowest BCUT2D eigenvalue weighted by Gasteiger charge is -2.06. The SMILES string of the molecule is Oc1ccc(CNc2nccn3cnnc23)cc1. The molecule has 0 aliphatic carbocycles. The van der Waals surface area contributed by atoms with Crippen LogP contribution < -0.4 is 5.32 Å². The van der Waals surface area contributed by atoms with E-state index in [0.717, 1.165) is 5.56 Å². The average Bonchev–Trinajstić information content (AvgIpc) is 2.87. The number of rotatable bonds is 3. The van der Waals surface area contributed by atoms with Gasteiger partial charge in [0.05, 0.1) is 0 Å². The number of hydrogen-bond acceptors (Lipinski definition) is 5. The third-order valence-corrected chi connectivity index (χ3v) is 2.61. The molecule has 3 aromatic rings. The van der Waals surface area contributed by atoms with Crippen LogP contribution in [0.5, 0.6) is 5.75 Å². The van der Waals surface area contributed by atoms with Gasteiger partial charge in [0.15, 0.2) is 5.82 Å². The molecule has 0 atom stereocenters. The Hall–Kier alpha value is -2.63. The average molecular weight is 241 g/mol. The summed E-state index contributed by atoms with van der Waals surface area (Å²) in [7, 11) is 0. The first-order chi connectivity index (χ1) is 8.83. The van der Waals surface area contributed by atoms with Crippen LogP contribution in [0.4, 0.5) is 5.82 Å². The molecular weight excluding hydrogens is 230 g/mol. The second-order valence-corrected chi connectivity index (χ2v) is 3.86. The maximum atomic E-state index is 9.20. The molecule has 0 amide bonds. The van der Waals surface area contributed by atoms with E-state index in [-0.39, 0.29) is 5.75 Å². The molecule has 18 heavy (non-hydrogen) atoms. The van der Waals surface area contributed by atoms with Crippen molar-refractivity contribution >= 4 is 11.5 Å². The van der Waals surface area contributed by atoms with E-state index in [4.69, 9.17) is 0 Å². The predicted molar refractivity (Wildman–Crippen MR) is 66.2 cm³/mol. The van der Waals surface area contributed by atoms with Crippen molar-refractivity contribution in [2.45, 2.75) is 6.54 Å². The Morgan fingerprint density at radius 2 is 2.06 bits per heavy atom. The van der Waals surface area contributed by atoms with Gasteiger partial charge in [0.1, 0.15) is 12.1 Å². The Bertz CT molecular complexity index is 662. The Morgan fingerprint density at radius 3 is 2.89 bits per heavy atom. The van der Waals surface area contributed by atoms with E-state index in [1.807, 2.05) is 12.1 Å². The molecule has 2 N–H and O–H groups in total. The minimum absolute atomic E-state index is 0.261. The Labute approximate surface area is 103 Å². The highest BCUT2D eigenvalue weighted by Gasteiger charge is 2.03. The van der Waals surface area contributed by atoms with Crippen LogP contribution in [0.1, 0.15) is 5.56 Å². The van der Waals surface area contributed by atoms with E-state index in [1.54, 1.807) is 35.3 Å². The van der Waals surface area contributed by atoms with Gasteiger partial charge >= 0.3 is 0 Å². The number of fused-ring (bicyclic) bond motifs is 1. The molecule has 0 radical (unpaired) electrons. The van der Waals surface area contributed by atoms with Crippen LogP contribution >= 0.6 is 0 Å². The van der Waals surface area contributed by atoms with Crippen LogP contribution in [-0.4, -0.2) is 24.7 Å². The van der Waals surface area contributed by atoms with Crippen LogP contribution in [0.15, 0.2) is 43.0 Å². The largest absolute Gasteiger partial charge is 0.508 e. The molecule has 0 saturated heterocycles. The summed E-state index contributed by atoms with van der Waals surface area (Å²) in [4.78, 5) is 4.23. The second-order valence-electron chi connectivity index (χ2n) is 3.86. The highest BCUT2D eigenvalue weighted by molar-refractivity contribution is 5.61. The van der Waals surface area contributed by atoms with Crippen molar-refractivity contribution < 1.29 is 5.11 Å². The van der Waals surface area contributed by atoms with Crippen LogP contribution in [-0.2, 0) is 6.54 Å². The molecule has 90 valence electrons. The molecule has 0 bridgehead atoms. The summed E-state index contributed by atoms with van der Waals surface area (Å²) in [5.41, 5.74) is 1.74. The van der Waals surface area contributed by atoms with Crippen LogP contribution in [0.2, 0.25) is 0 Å². The lowest BCUT2D eigenvalue weighted by atomic mass is 10.2. The topological polar surface area (TPSA) is 75.3 Å². The molecule has 2 aromatic heterocycles. The van der Waals surface area contributed by atoms with Gasteiger partial charge in [0.2, 0.25) is 5.65 Å². The van der Waals surface area contributed by atoms with Gasteiger partial charge in [0.25, 0.3) is 0 Å². The summed E-state index contributed by atoms with van der Waals surface area (Å²) in [5.74, 6) is 0.944. The predicted octanol–water partition coefficient (Wildman–Crippen LogP) is 1.44. The maximum absolute atomic E-state index is 9.20. The molecule has 1 aromatic carbocycles. The summed E-state index contributed by atoms with van der Waals surface area (Å²) in [6.07, 6.45) is 5.11. The molecule has 6 nitrogen and oxygen atoms in total. The highest BCUT2D eigenvalue weighted by atomic mass is 16.3. The van der Waals surface area contributed by atoms with Gasteiger partial charge in [0, 0.05) is 18.9 Å².